The van der Waals surface area contributed by atoms with Crippen LogP contribution in [-0.2, 0) is 16.0 Å². The molecule has 2 rings (SSSR count). The second-order valence-corrected chi connectivity index (χ2v) is 4.48. The third kappa shape index (κ3) is 5.87. The van der Waals surface area contributed by atoms with Crippen molar-refractivity contribution in [3.8, 4) is 5.75 Å². The fraction of sp³-hybridized carbons (Fsp3) is 0.529. The molecule has 1 aromatic rings. The van der Waals surface area contributed by atoms with E-state index in [0.29, 0.717) is 19.5 Å². The predicted octanol–water partition coefficient (Wildman–Crippen LogP) is 2.62. The molecule has 4 nitrogen and oxygen atoms in total. The molecule has 1 aliphatic rings. The van der Waals surface area contributed by atoms with Gasteiger partial charge in [0.15, 0.2) is 0 Å². The number of phenols is 1. The Labute approximate surface area is 136 Å². The zero-order valence-corrected chi connectivity index (χ0v) is 12.0. The highest BCUT2D eigenvalue weighted by Gasteiger charge is 2.14. The molecule has 0 amide bonds. The molecular weight excluding hydrogens is 266 g/mol. The Morgan fingerprint density at radius 1 is 1.48 bits per heavy atom. The number of aromatic hydroxyl groups is 1. The molecule has 0 fully saturated rings. The summed E-state index contributed by atoms with van der Waals surface area (Å²) in [6, 6.07) is 6.13. The minimum absolute atomic E-state index is 0.0477. The van der Waals surface area contributed by atoms with Gasteiger partial charge in [0.2, 0.25) is 0 Å². The molecule has 2 N–H and O–H groups in total. The van der Waals surface area contributed by atoms with E-state index in [4.69, 9.17) is 19.1 Å². The van der Waals surface area contributed by atoms with E-state index in [1.165, 1.54) is 0 Å². The molecule has 0 bridgehead atoms. The fourth-order valence-electron chi connectivity index (χ4n) is 1.79. The van der Waals surface area contributed by atoms with E-state index in [1.54, 1.807) is 18.2 Å². The summed E-state index contributed by atoms with van der Waals surface area (Å²) in [6.07, 6.45) is -9.71. The standard InChI is InChI=1S/C17H25NO3/c1-20-16-6-8-17(9-7-16)21-11-3-10-18-13-14-4-2-5-15(19)12-14/h2,4-6,8,12,16-19H,3,7,9-11,13H2,1H3/i6D,7D2,9D2,16D,17D. The number of hydrogen-bond acceptors (Lipinski definition) is 4. The number of phenolic OH excluding ortho intramolecular Hbond substituents is 1. The molecule has 0 saturated carbocycles. The summed E-state index contributed by atoms with van der Waals surface area (Å²) >= 11 is 0. The number of methoxy groups -OCH3 is 1. The summed E-state index contributed by atoms with van der Waals surface area (Å²) < 4.78 is 66.5. The van der Waals surface area contributed by atoms with Crippen LogP contribution in [0.15, 0.2) is 36.4 Å². The molecule has 2 unspecified atom stereocenters. The van der Waals surface area contributed by atoms with Crippen LogP contribution in [0.4, 0.5) is 0 Å². The summed E-state index contributed by atoms with van der Waals surface area (Å²) in [7, 11) is 1.03. The molecule has 0 radical (unpaired) electrons. The van der Waals surface area contributed by atoms with Crippen LogP contribution in [0, 0.1) is 0 Å². The van der Waals surface area contributed by atoms with Gasteiger partial charge in [-0.25, -0.2) is 0 Å². The number of benzene rings is 1. The first-order chi connectivity index (χ1) is 12.9. The van der Waals surface area contributed by atoms with Gasteiger partial charge in [0.1, 0.15) is 5.75 Å². The van der Waals surface area contributed by atoms with Gasteiger partial charge < -0.3 is 19.9 Å². The summed E-state index contributed by atoms with van der Waals surface area (Å²) in [5, 5.41) is 12.5. The SMILES string of the molecule is [2H]C1=CC([2H])(OCCCNCc2cccc(O)c2)C([2H])([2H])C([2H])([2H])C1([2H])OC. The van der Waals surface area contributed by atoms with Crippen LogP contribution in [0.2, 0.25) is 0 Å². The maximum Gasteiger partial charge on any atom is 0.115 e. The third-order valence-corrected chi connectivity index (χ3v) is 2.83. The number of rotatable bonds is 8. The van der Waals surface area contributed by atoms with Crippen molar-refractivity contribution in [3.63, 3.8) is 0 Å². The van der Waals surface area contributed by atoms with Gasteiger partial charge in [0, 0.05) is 25.7 Å². The van der Waals surface area contributed by atoms with Crippen LogP contribution in [0.1, 0.15) is 34.3 Å². The van der Waals surface area contributed by atoms with Crippen LogP contribution in [-0.4, -0.2) is 37.5 Å². The van der Waals surface area contributed by atoms with E-state index < -0.39 is 31.0 Å². The van der Waals surface area contributed by atoms with E-state index in [2.05, 4.69) is 5.32 Å². The van der Waals surface area contributed by atoms with E-state index in [0.717, 1.165) is 18.7 Å². The smallest absolute Gasteiger partial charge is 0.115 e. The van der Waals surface area contributed by atoms with E-state index in [-0.39, 0.29) is 12.4 Å². The van der Waals surface area contributed by atoms with E-state index >= 15 is 0 Å². The molecule has 0 spiro atoms. The van der Waals surface area contributed by atoms with Crippen molar-refractivity contribution < 1.29 is 24.2 Å². The normalized spacial score (nSPS) is 38.7. The Bertz CT molecular complexity index is 730. The van der Waals surface area contributed by atoms with Crippen LogP contribution in [0.25, 0.3) is 0 Å². The Kier molecular flexibility index (Phi) is 3.75. The molecule has 21 heavy (non-hydrogen) atoms. The van der Waals surface area contributed by atoms with Crippen molar-refractivity contribution in [2.45, 2.75) is 37.9 Å². The largest absolute Gasteiger partial charge is 0.508 e. The highest BCUT2D eigenvalue weighted by atomic mass is 16.5. The first-order valence-corrected chi connectivity index (χ1v) is 6.79. The van der Waals surface area contributed by atoms with Crippen LogP contribution < -0.4 is 5.32 Å². The first-order valence-electron chi connectivity index (χ1n) is 10.3. The van der Waals surface area contributed by atoms with Crippen molar-refractivity contribution >= 4 is 0 Å². The van der Waals surface area contributed by atoms with E-state index in [9.17, 15) is 5.11 Å². The second-order valence-electron chi connectivity index (χ2n) is 4.48. The quantitative estimate of drug-likeness (QED) is 0.572. The van der Waals surface area contributed by atoms with Crippen molar-refractivity contribution in [1.82, 2.24) is 5.32 Å². The molecule has 4 heteroatoms. The average molecular weight is 298 g/mol. The van der Waals surface area contributed by atoms with Crippen molar-refractivity contribution in [2.24, 2.45) is 0 Å². The number of nitrogens with one attached hydrogen (secondary N) is 1. The molecule has 0 saturated heterocycles. The minimum atomic E-state index is -2.98. The maximum atomic E-state index is 9.42. The van der Waals surface area contributed by atoms with Crippen LogP contribution >= 0.6 is 0 Å². The van der Waals surface area contributed by atoms with E-state index in [1.807, 2.05) is 6.07 Å². The van der Waals surface area contributed by atoms with Crippen molar-refractivity contribution in [2.75, 3.05) is 20.3 Å². The molecule has 1 aromatic carbocycles. The zero-order chi connectivity index (χ0) is 21.2. The summed E-state index contributed by atoms with van der Waals surface area (Å²) in [5.41, 5.74) is 0.892. The van der Waals surface area contributed by atoms with Gasteiger partial charge in [-0.15, -0.1) is 0 Å². The highest BCUT2D eigenvalue weighted by Crippen LogP contribution is 2.16. The molecular formula is C17H25NO3. The molecule has 0 heterocycles. The predicted molar refractivity (Wildman–Crippen MR) is 83.3 cm³/mol. The lowest BCUT2D eigenvalue weighted by Gasteiger charge is -2.22. The molecule has 2 atom stereocenters. The number of ether oxygens (including phenoxy) is 2. The van der Waals surface area contributed by atoms with Gasteiger partial charge in [-0.05, 0) is 43.4 Å². The van der Waals surface area contributed by atoms with Gasteiger partial charge in [-0.3, -0.25) is 0 Å². The summed E-state index contributed by atoms with van der Waals surface area (Å²) in [4.78, 5) is 0. The Hall–Kier alpha value is -1.36. The van der Waals surface area contributed by atoms with Gasteiger partial charge >= 0.3 is 0 Å². The van der Waals surface area contributed by atoms with Gasteiger partial charge in [-0.1, -0.05) is 24.3 Å². The Balaban J connectivity index is 1.95. The average Bonchev–Trinajstić information content (AvgIpc) is 2.62. The lowest BCUT2D eigenvalue weighted by molar-refractivity contribution is 0.0495. The lowest BCUT2D eigenvalue weighted by atomic mass is 10.0. The zero-order valence-electron chi connectivity index (χ0n) is 19.0. The minimum Gasteiger partial charge on any atom is -0.508 e. The van der Waals surface area contributed by atoms with Gasteiger partial charge in [-0.2, -0.15) is 0 Å². The monoisotopic (exact) mass is 298 g/mol. The first kappa shape index (κ1) is 8.93. The second kappa shape index (κ2) is 8.82. The lowest BCUT2D eigenvalue weighted by Crippen LogP contribution is -2.22. The number of hydrogen-bond donors (Lipinski definition) is 2. The van der Waals surface area contributed by atoms with Crippen LogP contribution in [0.3, 0.4) is 0 Å². The van der Waals surface area contributed by atoms with Crippen molar-refractivity contribution in [3.05, 3.63) is 42.0 Å². The van der Waals surface area contributed by atoms with Gasteiger partial charge in [0.05, 0.1) is 16.3 Å². The molecule has 0 aliphatic heterocycles. The molecule has 116 valence electrons. The summed E-state index contributed by atoms with van der Waals surface area (Å²) in [6.45, 7) is 0.948. The van der Waals surface area contributed by atoms with Crippen molar-refractivity contribution in [1.29, 1.82) is 0 Å². The summed E-state index contributed by atoms with van der Waals surface area (Å²) in [5.74, 6) is 0.173. The maximum absolute atomic E-state index is 9.42. The molecule has 0 aromatic heterocycles. The third-order valence-electron chi connectivity index (χ3n) is 2.83. The molecule has 1 aliphatic carbocycles. The highest BCUT2D eigenvalue weighted by molar-refractivity contribution is 5.26. The van der Waals surface area contributed by atoms with Gasteiger partial charge in [0.25, 0.3) is 0 Å². The Morgan fingerprint density at radius 2 is 2.33 bits per heavy atom. The van der Waals surface area contributed by atoms with Crippen LogP contribution in [0.5, 0.6) is 5.75 Å². The topological polar surface area (TPSA) is 50.7 Å². The fourth-order valence-corrected chi connectivity index (χ4v) is 1.79. The Morgan fingerprint density at radius 3 is 3.14 bits per heavy atom.